The molecule has 0 saturated heterocycles. The molecule has 0 amide bonds. The lowest BCUT2D eigenvalue weighted by Gasteiger charge is -2.24. The van der Waals surface area contributed by atoms with Gasteiger partial charge in [-0.05, 0) is 68.1 Å². The van der Waals surface area contributed by atoms with E-state index in [1.54, 1.807) is 12.1 Å². The SMILES string of the molecule is CCCCN(CCCC)c1ccc2c(c1)oc1c3oc(-c4ccc(C#N)cc4)nc3c3c(c4ccccc4n3CCCCCCC(=O)O)c21. The van der Waals surface area contributed by atoms with Gasteiger partial charge in [-0.2, -0.15) is 5.26 Å². The largest absolute Gasteiger partial charge is 0.481 e. The van der Waals surface area contributed by atoms with Crippen LogP contribution in [0.2, 0.25) is 0 Å². The summed E-state index contributed by atoms with van der Waals surface area (Å²) in [6.07, 6.45) is 8.17. The lowest BCUT2D eigenvalue weighted by atomic mass is 10.0. The summed E-state index contributed by atoms with van der Waals surface area (Å²) in [5, 5.41) is 22.8. The van der Waals surface area contributed by atoms with Gasteiger partial charge in [-0.3, -0.25) is 4.79 Å². The van der Waals surface area contributed by atoms with Gasteiger partial charge in [0, 0.05) is 70.4 Å². The van der Waals surface area contributed by atoms with Crippen molar-refractivity contribution < 1.29 is 18.7 Å². The lowest BCUT2D eigenvalue weighted by Crippen LogP contribution is -2.25. The Morgan fingerprint density at radius 3 is 2.35 bits per heavy atom. The molecule has 0 spiro atoms. The summed E-state index contributed by atoms with van der Waals surface area (Å²) >= 11 is 0. The molecular formula is C41H42N4O4. The second-order valence-electron chi connectivity index (χ2n) is 13.0. The molecule has 0 unspecified atom stereocenters. The van der Waals surface area contributed by atoms with Crippen molar-refractivity contribution in [3.8, 4) is 17.5 Å². The molecule has 1 N–H and O–H groups in total. The van der Waals surface area contributed by atoms with Crippen LogP contribution in [0.25, 0.3) is 66.3 Å². The van der Waals surface area contributed by atoms with E-state index < -0.39 is 5.97 Å². The van der Waals surface area contributed by atoms with Crippen LogP contribution in [-0.2, 0) is 11.3 Å². The Morgan fingerprint density at radius 2 is 1.61 bits per heavy atom. The van der Waals surface area contributed by atoms with Crippen LogP contribution in [0.5, 0.6) is 0 Å². The van der Waals surface area contributed by atoms with Gasteiger partial charge in [0.05, 0.1) is 17.1 Å². The zero-order chi connectivity index (χ0) is 33.9. The number of furan rings is 1. The number of nitriles is 1. The summed E-state index contributed by atoms with van der Waals surface area (Å²) in [5.41, 5.74) is 7.54. The first-order chi connectivity index (χ1) is 24.0. The fraction of sp³-hybridized carbons (Fsp3) is 0.341. The number of aromatic nitrogens is 2. The van der Waals surface area contributed by atoms with Gasteiger partial charge in [-0.15, -0.1) is 0 Å². The molecule has 0 aliphatic rings. The number of aryl methyl sites for hydroxylation is 1. The monoisotopic (exact) mass is 654 g/mol. The molecule has 4 aromatic carbocycles. The van der Waals surface area contributed by atoms with Gasteiger partial charge in [-0.25, -0.2) is 4.98 Å². The average molecular weight is 655 g/mol. The number of carboxylic acids is 1. The molecule has 0 saturated carbocycles. The quantitative estimate of drug-likeness (QED) is 0.110. The number of aliphatic carboxylic acids is 1. The summed E-state index contributed by atoms with van der Waals surface area (Å²) in [7, 11) is 0. The molecule has 0 aliphatic heterocycles. The first-order valence-corrected chi connectivity index (χ1v) is 17.7. The van der Waals surface area contributed by atoms with E-state index in [9.17, 15) is 10.1 Å². The van der Waals surface area contributed by atoms with Crippen LogP contribution in [0.1, 0.15) is 77.2 Å². The number of hydrogen-bond donors (Lipinski definition) is 1. The van der Waals surface area contributed by atoms with Crippen LogP contribution in [0, 0.1) is 11.3 Å². The van der Waals surface area contributed by atoms with E-state index in [0.717, 1.165) is 114 Å². The Kier molecular flexibility index (Phi) is 9.26. The normalized spacial score (nSPS) is 11.8. The molecule has 0 bridgehead atoms. The van der Waals surface area contributed by atoms with Crippen molar-refractivity contribution in [2.75, 3.05) is 18.0 Å². The maximum atomic E-state index is 11.0. The highest BCUT2D eigenvalue weighted by Gasteiger charge is 2.26. The Balaban J connectivity index is 1.45. The van der Waals surface area contributed by atoms with Crippen molar-refractivity contribution in [3.05, 3.63) is 72.3 Å². The van der Waals surface area contributed by atoms with Crippen LogP contribution in [-0.4, -0.2) is 33.7 Å². The number of oxazole rings is 1. The Bertz CT molecular complexity index is 2310. The number of hydrogen-bond acceptors (Lipinski definition) is 6. The van der Waals surface area contributed by atoms with Crippen molar-refractivity contribution in [2.45, 2.75) is 78.2 Å². The molecule has 0 radical (unpaired) electrons. The zero-order valence-corrected chi connectivity index (χ0v) is 28.3. The molecule has 7 rings (SSSR count). The Labute approximate surface area is 285 Å². The average Bonchev–Trinajstić information content (AvgIpc) is 3.82. The Hall–Kier alpha value is -5.29. The minimum Gasteiger partial charge on any atom is -0.481 e. The first-order valence-electron chi connectivity index (χ1n) is 17.7. The standard InChI is InChI=1S/C41H42N4O4/c1-3-5-22-44(23-6-4-2)29-20-21-31-33(25-29)48-39-36(31)35-30-13-10-11-14-32(30)45(24-12-8-7-9-15-34(46)47)38(35)37-40(39)49-41(43-37)28-18-16-27(26-42)17-19-28/h10-11,13-14,16-21,25H,3-9,12,15,22-24H2,1-2H3,(H,46,47). The predicted molar refractivity (Wildman–Crippen MR) is 197 cm³/mol. The number of carbonyl (C=O) groups is 1. The minimum atomic E-state index is -0.744. The highest BCUT2D eigenvalue weighted by Crippen LogP contribution is 2.46. The maximum absolute atomic E-state index is 11.0. The molecule has 7 aromatic rings. The summed E-state index contributed by atoms with van der Waals surface area (Å²) in [5.74, 6) is -0.266. The summed E-state index contributed by atoms with van der Waals surface area (Å²) in [6, 6.07) is 24.6. The third-order valence-electron chi connectivity index (χ3n) is 9.66. The van der Waals surface area contributed by atoms with E-state index in [2.05, 4.69) is 71.8 Å². The third-order valence-corrected chi connectivity index (χ3v) is 9.66. The second kappa shape index (κ2) is 14.1. The van der Waals surface area contributed by atoms with Gasteiger partial charge in [0.1, 0.15) is 11.1 Å². The van der Waals surface area contributed by atoms with Gasteiger partial charge < -0.3 is 23.4 Å². The highest BCUT2D eigenvalue weighted by molar-refractivity contribution is 6.34. The predicted octanol–water partition coefficient (Wildman–Crippen LogP) is 10.8. The van der Waals surface area contributed by atoms with E-state index in [1.165, 1.54) is 5.69 Å². The topological polar surface area (TPSA) is 108 Å². The number of para-hydroxylation sites is 1. The van der Waals surface area contributed by atoms with Gasteiger partial charge in [0.25, 0.3) is 0 Å². The van der Waals surface area contributed by atoms with E-state index in [0.29, 0.717) is 29.0 Å². The van der Waals surface area contributed by atoms with E-state index >= 15 is 0 Å². The molecule has 0 fully saturated rings. The van der Waals surface area contributed by atoms with Crippen LogP contribution >= 0.6 is 0 Å². The fourth-order valence-corrected chi connectivity index (χ4v) is 7.14. The highest BCUT2D eigenvalue weighted by atomic mass is 16.4. The summed E-state index contributed by atoms with van der Waals surface area (Å²) in [6.45, 7) is 7.25. The molecule has 3 heterocycles. The van der Waals surface area contributed by atoms with E-state index in [4.69, 9.17) is 18.9 Å². The van der Waals surface area contributed by atoms with Crippen molar-refractivity contribution in [3.63, 3.8) is 0 Å². The van der Waals surface area contributed by atoms with Crippen LogP contribution in [0.4, 0.5) is 5.69 Å². The van der Waals surface area contributed by atoms with Gasteiger partial charge in [0.15, 0.2) is 5.58 Å². The number of nitrogens with zero attached hydrogens (tertiary/aromatic N) is 4. The van der Waals surface area contributed by atoms with E-state index in [-0.39, 0.29) is 6.42 Å². The fourth-order valence-electron chi connectivity index (χ4n) is 7.14. The lowest BCUT2D eigenvalue weighted by molar-refractivity contribution is -0.137. The molecule has 49 heavy (non-hydrogen) atoms. The number of benzene rings is 4. The van der Waals surface area contributed by atoms with E-state index in [1.807, 2.05) is 12.1 Å². The van der Waals surface area contributed by atoms with Crippen LogP contribution in [0.3, 0.4) is 0 Å². The zero-order valence-electron chi connectivity index (χ0n) is 28.3. The first kappa shape index (κ1) is 32.3. The molecule has 3 aromatic heterocycles. The number of unbranched alkanes of at least 4 members (excludes halogenated alkanes) is 5. The van der Waals surface area contributed by atoms with Crippen molar-refractivity contribution in [1.82, 2.24) is 9.55 Å². The molecule has 8 heteroatoms. The molecule has 250 valence electrons. The number of rotatable bonds is 15. The van der Waals surface area contributed by atoms with Gasteiger partial charge in [-0.1, -0.05) is 57.7 Å². The van der Waals surface area contributed by atoms with Crippen molar-refractivity contribution in [1.29, 1.82) is 5.26 Å². The molecule has 0 aliphatic carbocycles. The molecule has 8 nitrogen and oxygen atoms in total. The minimum absolute atomic E-state index is 0.204. The summed E-state index contributed by atoms with van der Waals surface area (Å²) in [4.78, 5) is 18.6. The smallest absolute Gasteiger partial charge is 0.303 e. The van der Waals surface area contributed by atoms with Crippen LogP contribution < -0.4 is 4.90 Å². The van der Waals surface area contributed by atoms with Gasteiger partial charge in [0.2, 0.25) is 11.5 Å². The number of carboxylic acid groups (broad SMARTS) is 1. The third kappa shape index (κ3) is 6.10. The molecule has 0 atom stereocenters. The van der Waals surface area contributed by atoms with Crippen LogP contribution in [0.15, 0.2) is 75.6 Å². The Morgan fingerprint density at radius 1 is 0.857 bits per heavy atom. The maximum Gasteiger partial charge on any atom is 0.303 e. The molecular weight excluding hydrogens is 612 g/mol. The van der Waals surface area contributed by atoms with Crippen molar-refractivity contribution in [2.24, 2.45) is 0 Å². The van der Waals surface area contributed by atoms with Crippen molar-refractivity contribution >= 4 is 66.5 Å². The summed E-state index contributed by atoms with van der Waals surface area (Å²) < 4.78 is 15.8. The second-order valence-corrected chi connectivity index (χ2v) is 13.0. The van der Waals surface area contributed by atoms with Gasteiger partial charge >= 0.3 is 5.97 Å². The number of fused-ring (bicyclic) bond motifs is 10. The number of anilines is 1.